The number of amides is 1. The van der Waals surface area contributed by atoms with E-state index in [0.29, 0.717) is 42.8 Å². The maximum Gasteiger partial charge on any atom is 0.331 e. The lowest BCUT2D eigenvalue weighted by Gasteiger charge is -2.10. The van der Waals surface area contributed by atoms with Crippen LogP contribution in [0.15, 0.2) is 33.9 Å². The Morgan fingerprint density at radius 2 is 1.93 bits per heavy atom. The number of nitrogens with zero attached hydrogens (tertiary/aromatic N) is 3. The van der Waals surface area contributed by atoms with E-state index in [-0.39, 0.29) is 11.5 Å². The van der Waals surface area contributed by atoms with E-state index in [1.807, 2.05) is 6.07 Å². The van der Waals surface area contributed by atoms with Gasteiger partial charge in [-0.2, -0.15) is 5.26 Å². The quantitative estimate of drug-likeness (QED) is 0.795. The van der Waals surface area contributed by atoms with Crippen LogP contribution in [0.3, 0.4) is 0 Å². The molecule has 138 valence electrons. The van der Waals surface area contributed by atoms with Crippen LogP contribution < -0.4 is 16.6 Å². The Morgan fingerprint density at radius 1 is 1.22 bits per heavy atom. The lowest BCUT2D eigenvalue weighted by Crippen LogP contribution is -2.43. The molecule has 0 unspecified atom stereocenters. The maximum absolute atomic E-state index is 12.5. The molecule has 1 amide bonds. The van der Waals surface area contributed by atoms with Gasteiger partial charge in [-0.15, -0.1) is 0 Å². The monoisotopic (exact) mass is 366 g/mol. The molecule has 0 saturated heterocycles. The van der Waals surface area contributed by atoms with Gasteiger partial charge in [0.05, 0.1) is 6.54 Å². The van der Waals surface area contributed by atoms with Crippen molar-refractivity contribution in [3.63, 3.8) is 0 Å². The number of rotatable bonds is 5. The topological polar surface area (TPSA) is 114 Å². The molecular weight excluding hydrogens is 348 g/mol. The number of carbonyl (C=O) groups excluding carboxylic acids is 2. The first kappa shape index (κ1) is 18.3. The minimum Gasteiger partial charge on any atom is -0.326 e. The average molecular weight is 366 g/mol. The number of nitrogens with one attached hydrogen (secondary N) is 1. The van der Waals surface area contributed by atoms with Crippen molar-refractivity contribution >= 4 is 17.4 Å². The fraction of sp³-hybridized carbons (Fsp3) is 0.316. The van der Waals surface area contributed by atoms with Crippen molar-refractivity contribution in [2.24, 2.45) is 0 Å². The minimum absolute atomic E-state index is 0.0717. The van der Waals surface area contributed by atoms with Crippen LogP contribution in [0.2, 0.25) is 0 Å². The van der Waals surface area contributed by atoms with Crippen LogP contribution in [-0.4, -0.2) is 20.8 Å². The Balaban J connectivity index is 1.89. The predicted molar refractivity (Wildman–Crippen MR) is 97.7 cm³/mol. The second kappa shape index (κ2) is 7.41. The van der Waals surface area contributed by atoms with E-state index >= 15 is 0 Å². The van der Waals surface area contributed by atoms with Crippen LogP contribution in [0.25, 0.3) is 0 Å². The third-order valence-electron chi connectivity index (χ3n) is 4.56. The number of nitriles is 1. The molecule has 2 aromatic rings. The van der Waals surface area contributed by atoms with Gasteiger partial charge in [-0.05, 0) is 37.1 Å². The van der Waals surface area contributed by atoms with E-state index < -0.39 is 23.6 Å². The highest BCUT2D eigenvalue weighted by Crippen LogP contribution is 2.14. The average Bonchev–Trinajstić information content (AvgIpc) is 3.15. The van der Waals surface area contributed by atoms with Gasteiger partial charge in [0, 0.05) is 29.9 Å². The summed E-state index contributed by atoms with van der Waals surface area (Å²) < 4.78 is 2.22. The van der Waals surface area contributed by atoms with Crippen LogP contribution in [0.5, 0.6) is 0 Å². The molecule has 1 aromatic carbocycles. The largest absolute Gasteiger partial charge is 0.331 e. The van der Waals surface area contributed by atoms with Crippen molar-refractivity contribution in [3.8, 4) is 6.07 Å². The fourth-order valence-corrected chi connectivity index (χ4v) is 3.11. The number of fused-ring (bicyclic) bond motifs is 1. The van der Waals surface area contributed by atoms with Crippen molar-refractivity contribution in [3.05, 3.63) is 61.9 Å². The summed E-state index contributed by atoms with van der Waals surface area (Å²) in [5, 5.41) is 11.9. The zero-order valence-electron chi connectivity index (χ0n) is 14.8. The van der Waals surface area contributed by atoms with E-state index in [2.05, 4.69) is 5.32 Å². The molecule has 0 spiro atoms. The number of hydrogen-bond donors (Lipinski definition) is 1. The highest BCUT2D eigenvalue weighted by Gasteiger charge is 2.23. The second-order valence-electron chi connectivity index (χ2n) is 6.26. The molecule has 1 aliphatic rings. The normalized spacial score (nSPS) is 12.3. The summed E-state index contributed by atoms with van der Waals surface area (Å²) in [6.45, 7) is 1.73. The predicted octanol–water partition coefficient (Wildman–Crippen LogP) is 1.06. The molecular formula is C19H18N4O4. The Kier molecular flexibility index (Phi) is 5.03. The van der Waals surface area contributed by atoms with Crippen LogP contribution in [0.4, 0.5) is 5.69 Å². The third-order valence-corrected chi connectivity index (χ3v) is 4.56. The summed E-state index contributed by atoms with van der Waals surface area (Å²) in [4.78, 5) is 48.9. The number of anilines is 1. The Labute approximate surface area is 154 Å². The van der Waals surface area contributed by atoms with Crippen molar-refractivity contribution in [1.82, 2.24) is 9.13 Å². The molecule has 8 nitrogen and oxygen atoms in total. The highest BCUT2D eigenvalue weighted by atomic mass is 16.2. The number of carbonyl (C=O) groups is 2. The minimum atomic E-state index is -0.726. The SMILES string of the molecule is CCC(=O)Nc1ccc(C(=O)Cn2c(=O)c(C#N)c3n(c2=O)CCC3)cc1. The summed E-state index contributed by atoms with van der Waals surface area (Å²) >= 11 is 0. The van der Waals surface area contributed by atoms with Crippen LogP contribution in [0.1, 0.15) is 41.4 Å². The molecule has 0 saturated carbocycles. The van der Waals surface area contributed by atoms with E-state index in [0.717, 1.165) is 4.57 Å². The smallest absolute Gasteiger partial charge is 0.326 e. The highest BCUT2D eigenvalue weighted by molar-refractivity contribution is 5.97. The molecule has 0 fully saturated rings. The van der Waals surface area contributed by atoms with Gasteiger partial charge in [-0.1, -0.05) is 6.92 Å². The van der Waals surface area contributed by atoms with Gasteiger partial charge in [0.15, 0.2) is 5.78 Å². The molecule has 1 aliphatic heterocycles. The van der Waals surface area contributed by atoms with Gasteiger partial charge in [-0.3, -0.25) is 23.5 Å². The summed E-state index contributed by atoms with van der Waals surface area (Å²) in [6, 6.07) is 8.07. The zero-order chi connectivity index (χ0) is 19.6. The number of Topliss-reactive ketones (excluding diaryl/α,β-unsaturated/α-hetero) is 1. The van der Waals surface area contributed by atoms with Crippen molar-refractivity contribution in [2.75, 3.05) is 5.32 Å². The summed E-state index contributed by atoms with van der Waals surface area (Å²) in [5.41, 5.74) is -0.0491. The van der Waals surface area contributed by atoms with Crippen molar-refractivity contribution in [1.29, 1.82) is 5.26 Å². The molecule has 8 heteroatoms. The molecule has 0 aliphatic carbocycles. The standard InChI is InChI=1S/C19H18N4O4/c1-2-17(25)21-13-7-5-12(6-8-13)16(24)11-23-18(26)14(10-20)15-4-3-9-22(15)19(23)27/h5-8H,2-4,9,11H2,1H3,(H,21,25). The van der Waals surface area contributed by atoms with Gasteiger partial charge < -0.3 is 5.32 Å². The van der Waals surface area contributed by atoms with Crippen LogP contribution >= 0.6 is 0 Å². The Bertz CT molecular complexity index is 1070. The van der Waals surface area contributed by atoms with Crippen LogP contribution in [-0.2, 0) is 24.3 Å². The molecule has 0 atom stereocenters. The first-order chi connectivity index (χ1) is 13.0. The number of ketones is 1. The summed E-state index contributed by atoms with van der Waals surface area (Å²) in [7, 11) is 0. The molecule has 27 heavy (non-hydrogen) atoms. The van der Waals surface area contributed by atoms with E-state index in [4.69, 9.17) is 0 Å². The molecule has 0 bridgehead atoms. The lowest BCUT2D eigenvalue weighted by molar-refractivity contribution is -0.115. The van der Waals surface area contributed by atoms with E-state index in [9.17, 15) is 24.4 Å². The number of hydrogen-bond acceptors (Lipinski definition) is 5. The molecule has 1 aromatic heterocycles. The molecule has 2 heterocycles. The Hall–Kier alpha value is -3.47. The molecule has 3 rings (SSSR count). The van der Waals surface area contributed by atoms with Gasteiger partial charge in [-0.25, -0.2) is 4.79 Å². The number of aromatic nitrogens is 2. The van der Waals surface area contributed by atoms with Crippen molar-refractivity contribution < 1.29 is 9.59 Å². The van der Waals surface area contributed by atoms with Gasteiger partial charge >= 0.3 is 5.69 Å². The summed E-state index contributed by atoms with van der Waals surface area (Å²) in [5.74, 6) is -0.569. The molecule has 0 radical (unpaired) electrons. The van der Waals surface area contributed by atoms with Crippen molar-refractivity contribution in [2.45, 2.75) is 39.3 Å². The Morgan fingerprint density at radius 3 is 2.56 bits per heavy atom. The fourth-order valence-electron chi connectivity index (χ4n) is 3.11. The second-order valence-corrected chi connectivity index (χ2v) is 6.26. The first-order valence-corrected chi connectivity index (χ1v) is 8.66. The summed E-state index contributed by atoms with van der Waals surface area (Å²) in [6.07, 6.45) is 1.53. The maximum atomic E-state index is 12.5. The van der Waals surface area contributed by atoms with E-state index in [1.165, 1.54) is 16.7 Å². The first-order valence-electron chi connectivity index (χ1n) is 8.66. The van der Waals surface area contributed by atoms with Crippen LogP contribution in [0, 0.1) is 11.3 Å². The lowest BCUT2D eigenvalue weighted by atomic mass is 10.1. The zero-order valence-corrected chi connectivity index (χ0v) is 14.8. The molecule has 1 N–H and O–H groups in total. The van der Waals surface area contributed by atoms with Gasteiger partial charge in [0.25, 0.3) is 5.56 Å². The van der Waals surface area contributed by atoms with Gasteiger partial charge in [0.2, 0.25) is 5.91 Å². The third kappa shape index (κ3) is 3.44. The van der Waals surface area contributed by atoms with Gasteiger partial charge in [0.1, 0.15) is 11.6 Å². The number of benzene rings is 1. The van der Waals surface area contributed by atoms with E-state index in [1.54, 1.807) is 19.1 Å².